The third-order valence-electron chi connectivity index (χ3n) is 3.97. The summed E-state index contributed by atoms with van der Waals surface area (Å²) in [6.07, 6.45) is 0. The van der Waals surface area contributed by atoms with Crippen molar-refractivity contribution in [3.05, 3.63) is 65.4 Å². The zero-order chi connectivity index (χ0) is 14.8. The molecule has 0 bridgehead atoms. The lowest BCUT2D eigenvalue weighted by Gasteiger charge is -2.10. The Bertz CT molecular complexity index is 753. The molecule has 0 aliphatic carbocycles. The topological polar surface area (TPSA) is 14.2 Å². The van der Waals surface area contributed by atoms with Gasteiger partial charge < -0.3 is 9.30 Å². The van der Waals surface area contributed by atoms with Crippen molar-refractivity contribution in [1.82, 2.24) is 4.57 Å². The van der Waals surface area contributed by atoms with E-state index in [1.165, 1.54) is 27.7 Å². The van der Waals surface area contributed by atoms with Gasteiger partial charge in [-0.3, -0.25) is 0 Å². The zero-order valence-corrected chi connectivity index (χ0v) is 12.9. The van der Waals surface area contributed by atoms with E-state index < -0.39 is 0 Å². The number of nitrogens with zero attached hydrogens (tertiary/aromatic N) is 1. The highest BCUT2D eigenvalue weighted by molar-refractivity contribution is 5.84. The number of aryl methyl sites for hydroxylation is 3. The first kappa shape index (κ1) is 13.7. The Morgan fingerprint density at radius 1 is 1.00 bits per heavy atom. The fourth-order valence-electron chi connectivity index (χ4n) is 2.77. The molecule has 108 valence electrons. The lowest BCUT2D eigenvalue weighted by Crippen LogP contribution is -2.04. The van der Waals surface area contributed by atoms with Gasteiger partial charge >= 0.3 is 0 Å². The number of fused-ring (bicyclic) bond motifs is 1. The van der Waals surface area contributed by atoms with Crippen molar-refractivity contribution in [2.45, 2.75) is 33.9 Å². The summed E-state index contributed by atoms with van der Waals surface area (Å²) in [5, 5.41) is 1.32. The average molecular weight is 279 g/mol. The van der Waals surface area contributed by atoms with Gasteiger partial charge in [0.2, 0.25) is 0 Å². The molecular weight excluding hydrogens is 258 g/mol. The van der Waals surface area contributed by atoms with Crippen LogP contribution in [0.4, 0.5) is 0 Å². The number of rotatable bonds is 4. The molecule has 0 spiro atoms. The van der Waals surface area contributed by atoms with Gasteiger partial charge in [-0.2, -0.15) is 0 Å². The maximum Gasteiger partial charge on any atom is 0.128 e. The number of aromatic nitrogens is 1. The molecule has 0 aliphatic rings. The van der Waals surface area contributed by atoms with Crippen LogP contribution in [0.25, 0.3) is 10.9 Å². The van der Waals surface area contributed by atoms with Crippen LogP contribution in [0.3, 0.4) is 0 Å². The molecule has 21 heavy (non-hydrogen) atoms. The standard InChI is InChI=1S/C19H21NO/c1-4-20-16(12-18-15(3)6-5-7-19(18)20)13-21-17-10-8-14(2)9-11-17/h5-12H,4,13H2,1-3H3. The van der Waals surface area contributed by atoms with E-state index in [1.54, 1.807) is 0 Å². The lowest BCUT2D eigenvalue weighted by atomic mass is 10.1. The fourth-order valence-corrected chi connectivity index (χ4v) is 2.77. The highest BCUT2D eigenvalue weighted by Crippen LogP contribution is 2.24. The van der Waals surface area contributed by atoms with E-state index in [-0.39, 0.29) is 0 Å². The normalized spacial score (nSPS) is 11.0. The second-order valence-electron chi connectivity index (χ2n) is 5.49. The summed E-state index contributed by atoms with van der Waals surface area (Å²) in [6.45, 7) is 7.98. The van der Waals surface area contributed by atoms with Gasteiger partial charge in [-0.25, -0.2) is 0 Å². The molecule has 0 saturated carbocycles. The minimum absolute atomic E-state index is 0.602. The van der Waals surface area contributed by atoms with Gasteiger partial charge in [0.05, 0.1) is 5.69 Å². The molecule has 2 heteroatoms. The summed E-state index contributed by atoms with van der Waals surface area (Å²) in [6, 6.07) is 16.9. The first-order valence-electron chi connectivity index (χ1n) is 7.46. The average Bonchev–Trinajstić information content (AvgIpc) is 2.86. The van der Waals surface area contributed by atoms with E-state index in [0.717, 1.165) is 12.3 Å². The van der Waals surface area contributed by atoms with Crippen LogP contribution in [-0.2, 0) is 13.2 Å². The van der Waals surface area contributed by atoms with Crippen LogP contribution in [-0.4, -0.2) is 4.57 Å². The second-order valence-corrected chi connectivity index (χ2v) is 5.49. The summed E-state index contributed by atoms with van der Waals surface area (Å²) in [4.78, 5) is 0. The molecule has 0 amide bonds. The van der Waals surface area contributed by atoms with Gasteiger partial charge in [0, 0.05) is 17.4 Å². The minimum Gasteiger partial charge on any atom is -0.487 e. The zero-order valence-electron chi connectivity index (χ0n) is 12.9. The molecule has 2 aromatic carbocycles. The van der Waals surface area contributed by atoms with E-state index in [1.807, 2.05) is 12.1 Å². The number of benzene rings is 2. The fraction of sp³-hybridized carbons (Fsp3) is 0.263. The Morgan fingerprint density at radius 3 is 2.48 bits per heavy atom. The van der Waals surface area contributed by atoms with Gasteiger partial charge in [-0.15, -0.1) is 0 Å². The van der Waals surface area contributed by atoms with Crippen molar-refractivity contribution in [2.24, 2.45) is 0 Å². The van der Waals surface area contributed by atoms with Crippen LogP contribution in [0.1, 0.15) is 23.7 Å². The molecule has 3 rings (SSSR count). The van der Waals surface area contributed by atoms with Crippen LogP contribution >= 0.6 is 0 Å². The number of ether oxygens (including phenoxy) is 1. The van der Waals surface area contributed by atoms with Crippen LogP contribution in [0, 0.1) is 13.8 Å². The molecule has 1 heterocycles. The van der Waals surface area contributed by atoms with Crippen molar-refractivity contribution < 1.29 is 4.74 Å². The molecular formula is C19H21NO. The van der Waals surface area contributed by atoms with Crippen molar-refractivity contribution in [1.29, 1.82) is 0 Å². The van der Waals surface area contributed by atoms with Crippen LogP contribution in [0.2, 0.25) is 0 Å². The van der Waals surface area contributed by atoms with Crippen LogP contribution < -0.4 is 4.74 Å². The van der Waals surface area contributed by atoms with E-state index in [9.17, 15) is 0 Å². The molecule has 0 unspecified atom stereocenters. The smallest absolute Gasteiger partial charge is 0.128 e. The third kappa shape index (κ3) is 2.66. The molecule has 0 N–H and O–H groups in total. The minimum atomic E-state index is 0.602. The molecule has 0 radical (unpaired) electrons. The largest absolute Gasteiger partial charge is 0.487 e. The molecule has 0 atom stereocenters. The van der Waals surface area contributed by atoms with Crippen LogP contribution in [0.15, 0.2) is 48.5 Å². The molecule has 0 aliphatic heterocycles. The lowest BCUT2D eigenvalue weighted by molar-refractivity contribution is 0.296. The molecule has 1 aromatic heterocycles. The van der Waals surface area contributed by atoms with Crippen molar-refractivity contribution in [2.75, 3.05) is 0 Å². The quantitative estimate of drug-likeness (QED) is 0.665. The van der Waals surface area contributed by atoms with E-state index in [4.69, 9.17) is 4.74 Å². The van der Waals surface area contributed by atoms with Gasteiger partial charge in [-0.1, -0.05) is 29.8 Å². The van der Waals surface area contributed by atoms with Crippen molar-refractivity contribution in [3.8, 4) is 5.75 Å². The highest BCUT2D eigenvalue weighted by atomic mass is 16.5. The highest BCUT2D eigenvalue weighted by Gasteiger charge is 2.09. The SMILES string of the molecule is CCn1c(COc2ccc(C)cc2)cc2c(C)cccc21. The number of hydrogen-bond acceptors (Lipinski definition) is 1. The second kappa shape index (κ2) is 5.65. The first-order chi connectivity index (χ1) is 10.2. The molecule has 0 saturated heterocycles. The Hall–Kier alpha value is -2.22. The van der Waals surface area contributed by atoms with Crippen molar-refractivity contribution >= 4 is 10.9 Å². The third-order valence-corrected chi connectivity index (χ3v) is 3.97. The van der Waals surface area contributed by atoms with Crippen LogP contribution in [0.5, 0.6) is 5.75 Å². The maximum absolute atomic E-state index is 5.94. The summed E-state index contributed by atoms with van der Waals surface area (Å²) < 4.78 is 8.27. The van der Waals surface area contributed by atoms with Gasteiger partial charge in [0.15, 0.2) is 0 Å². The first-order valence-corrected chi connectivity index (χ1v) is 7.46. The predicted octanol–water partition coefficient (Wildman–Crippen LogP) is 4.86. The van der Waals surface area contributed by atoms with Gasteiger partial charge in [0.25, 0.3) is 0 Å². The summed E-state index contributed by atoms with van der Waals surface area (Å²) in [5.41, 5.74) is 5.08. The number of hydrogen-bond donors (Lipinski definition) is 0. The van der Waals surface area contributed by atoms with E-state index >= 15 is 0 Å². The van der Waals surface area contributed by atoms with Gasteiger partial charge in [0.1, 0.15) is 12.4 Å². The molecule has 0 fully saturated rings. The Kier molecular flexibility index (Phi) is 3.70. The summed E-state index contributed by atoms with van der Waals surface area (Å²) in [7, 11) is 0. The Labute approximate surface area is 126 Å². The van der Waals surface area contributed by atoms with Gasteiger partial charge in [-0.05, 0) is 50.6 Å². The maximum atomic E-state index is 5.94. The summed E-state index contributed by atoms with van der Waals surface area (Å²) in [5.74, 6) is 0.922. The molecule has 3 aromatic rings. The molecule has 2 nitrogen and oxygen atoms in total. The predicted molar refractivity (Wildman–Crippen MR) is 87.9 cm³/mol. The summed E-state index contributed by atoms with van der Waals surface area (Å²) >= 11 is 0. The monoisotopic (exact) mass is 279 g/mol. The van der Waals surface area contributed by atoms with Crippen molar-refractivity contribution in [3.63, 3.8) is 0 Å². The van der Waals surface area contributed by atoms with E-state index in [0.29, 0.717) is 6.61 Å². The Balaban J connectivity index is 1.89. The Morgan fingerprint density at radius 2 is 1.76 bits per heavy atom. The van der Waals surface area contributed by atoms with E-state index in [2.05, 4.69) is 61.7 Å².